The Balaban J connectivity index is 1.70. The van der Waals surface area contributed by atoms with Crippen LogP contribution >= 0.6 is 0 Å². The molecule has 0 saturated heterocycles. The summed E-state index contributed by atoms with van der Waals surface area (Å²) in [5.74, 6) is 2.21. The van der Waals surface area contributed by atoms with Gasteiger partial charge in [0.1, 0.15) is 11.6 Å². The smallest absolute Gasteiger partial charge is 0.224 e. The van der Waals surface area contributed by atoms with Crippen molar-refractivity contribution in [2.24, 2.45) is 0 Å². The third kappa shape index (κ3) is 4.83. The van der Waals surface area contributed by atoms with Crippen molar-refractivity contribution in [2.75, 3.05) is 37.8 Å². The zero-order chi connectivity index (χ0) is 16.9. The first kappa shape index (κ1) is 16.5. The van der Waals surface area contributed by atoms with Gasteiger partial charge in [0.2, 0.25) is 5.95 Å². The highest BCUT2D eigenvalue weighted by molar-refractivity contribution is 5.59. The van der Waals surface area contributed by atoms with Crippen LogP contribution in [-0.4, -0.2) is 47.2 Å². The van der Waals surface area contributed by atoms with E-state index in [1.165, 1.54) is 12.8 Å². The summed E-state index contributed by atoms with van der Waals surface area (Å²) in [6.07, 6.45) is 3.44. The van der Waals surface area contributed by atoms with Crippen molar-refractivity contribution < 1.29 is 5.11 Å². The number of anilines is 3. The summed E-state index contributed by atoms with van der Waals surface area (Å²) in [6.45, 7) is 1.88. The minimum absolute atomic E-state index is 0.235. The lowest BCUT2D eigenvalue weighted by molar-refractivity contribution is 0.405. The summed E-state index contributed by atoms with van der Waals surface area (Å²) in [4.78, 5) is 11.4. The second-order valence-electron chi connectivity index (χ2n) is 6.53. The highest BCUT2D eigenvalue weighted by atomic mass is 16.3. The maximum atomic E-state index is 9.60. The first-order valence-electron chi connectivity index (χ1n) is 8.44. The molecule has 6 heteroatoms. The van der Waals surface area contributed by atoms with Crippen molar-refractivity contribution in [1.29, 1.82) is 0 Å². The molecule has 3 rings (SSSR count). The second-order valence-corrected chi connectivity index (χ2v) is 6.53. The molecule has 0 unspecified atom stereocenters. The fourth-order valence-corrected chi connectivity index (χ4v) is 2.52. The van der Waals surface area contributed by atoms with E-state index in [-0.39, 0.29) is 5.75 Å². The SMILES string of the molecule is CN(C)CCCNc1nc(Nc2cccc(O)c2)cc(C2CC2)n1. The molecule has 1 aromatic heterocycles. The number of rotatable bonds is 8. The molecule has 0 atom stereocenters. The quantitative estimate of drug-likeness (QED) is 0.647. The van der Waals surface area contributed by atoms with Crippen LogP contribution in [0.2, 0.25) is 0 Å². The summed E-state index contributed by atoms with van der Waals surface area (Å²) in [6, 6.07) is 9.05. The van der Waals surface area contributed by atoms with Gasteiger partial charge in [0, 0.05) is 30.3 Å². The van der Waals surface area contributed by atoms with Crippen molar-refractivity contribution in [3.63, 3.8) is 0 Å². The van der Waals surface area contributed by atoms with Crippen molar-refractivity contribution in [3.05, 3.63) is 36.0 Å². The normalized spacial score (nSPS) is 14.0. The van der Waals surface area contributed by atoms with Crippen LogP contribution in [-0.2, 0) is 0 Å². The van der Waals surface area contributed by atoms with E-state index in [0.29, 0.717) is 11.9 Å². The molecule has 0 bridgehead atoms. The van der Waals surface area contributed by atoms with E-state index in [1.807, 2.05) is 12.1 Å². The Kier molecular flexibility index (Phi) is 5.15. The standard InChI is InChI=1S/C18H25N5O/c1-23(2)10-4-9-19-18-21-16(13-7-8-13)12-17(22-18)20-14-5-3-6-15(24)11-14/h3,5-6,11-13,24H,4,7-10H2,1-2H3,(H2,19,20,21,22). The Bertz CT molecular complexity index is 685. The lowest BCUT2D eigenvalue weighted by Gasteiger charge is -2.12. The van der Waals surface area contributed by atoms with Gasteiger partial charge in [-0.1, -0.05) is 6.07 Å². The second kappa shape index (κ2) is 7.49. The van der Waals surface area contributed by atoms with Gasteiger partial charge in [-0.25, -0.2) is 4.98 Å². The maximum Gasteiger partial charge on any atom is 0.224 e. The molecule has 0 aliphatic heterocycles. The Morgan fingerprint density at radius 2 is 2.04 bits per heavy atom. The Morgan fingerprint density at radius 3 is 2.75 bits per heavy atom. The molecule has 0 radical (unpaired) electrons. The Labute approximate surface area is 142 Å². The molecule has 6 nitrogen and oxygen atoms in total. The lowest BCUT2D eigenvalue weighted by atomic mass is 10.2. The number of nitrogens with zero attached hydrogens (tertiary/aromatic N) is 3. The molecule has 1 heterocycles. The predicted octanol–water partition coefficient (Wildman–Crippen LogP) is 3.17. The van der Waals surface area contributed by atoms with Crippen LogP contribution in [0.25, 0.3) is 0 Å². The molecule has 1 fully saturated rings. The average molecular weight is 327 g/mol. The van der Waals surface area contributed by atoms with E-state index in [4.69, 9.17) is 0 Å². The van der Waals surface area contributed by atoms with E-state index >= 15 is 0 Å². The number of aromatic nitrogens is 2. The first-order valence-corrected chi connectivity index (χ1v) is 8.44. The molecule has 0 spiro atoms. The molecule has 1 aliphatic rings. The van der Waals surface area contributed by atoms with Gasteiger partial charge in [0.15, 0.2) is 0 Å². The van der Waals surface area contributed by atoms with Gasteiger partial charge in [-0.2, -0.15) is 4.98 Å². The first-order chi connectivity index (χ1) is 11.6. The minimum atomic E-state index is 0.235. The van der Waals surface area contributed by atoms with Crippen LogP contribution in [0.4, 0.5) is 17.5 Å². The van der Waals surface area contributed by atoms with Crippen LogP contribution in [0.15, 0.2) is 30.3 Å². The summed E-state index contributed by atoms with van der Waals surface area (Å²) in [5.41, 5.74) is 1.90. The number of phenolic OH excluding ortho intramolecular Hbond substituents is 1. The van der Waals surface area contributed by atoms with Crippen molar-refractivity contribution in [3.8, 4) is 5.75 Å². The van der Waals surface area contributed by atoms with Crippen molar-refractivity contribution in [2.45, 2.75) is 25.2 Å². The molecule has 2 aromatic rings. The predicted molar refractivity (Wildman–Crippen MR) is 97.1 cm³/mol. The maximum absolute atomic E-state index is 9.60. The van der Waals surface area contributed by atoms with Crippen LogP contribution in [0.3, 0.4) is 0 Å². The number of aromatic hydroxyl groups is 1. The number of benzene rings is 1. The summed E-state index contributed by atoms with van der Waals surface area (Å²) >= 11 is 0. The van der Waals surface area contributed by atoms with Crippen molar-refractivity contribution >= 4 is 17.5 Å². The molecular formula is C18H25N5O. The van der Waals surface area contributed by atoms with Crippen LogP contribution in [0, 0.1) is 0 Å². The number of hydrogen-bond acceptors (Lipinski definition) is 6. The molecule has 1 aromatic carbocycles. The minimum Gasteiger partial charge on any atom is -0.508 e. The van der Waals surface area contributed by atoms with Gasteiger partial charge in [0.25, 0.3) is 0 Å². The summed E-state index contributed by atoms with van der Waals surface area (Å²) in [5, 5.41) is 16.2. The molecule has 128 valence electrons. The zero-order valence-electron chi connectivity index (χ0n) is 14.3. The highest BCUT2D eigenvalue weighted by Crippen LogP contribution is 2.40. The van der Waals surface area contributed by atoms with Gasteiger partial charge in [-0.15, -0.1) is 0 Å². The van der Waals surface area contributed by atoms with E-state index in [9.17, 15) is 5.11 Å². The Morgan fingerprint density at radius 1 is 1.21 bits per heavy atom. The molecule has 1 aliphatic carbocycles. The number of hydrogen-bond donors (Lipinski definition) is 3. The van der Waals surface area contributed by atoms with Crippen LogP contribution in [0.5, 0.6) is 5.75 Å². The third-order valence-electron chi connectivity index (χ3n) is 3.93. The van der Waals surface area contributed by atoms with Crippen LogP contribution < -0.4 is 10.6 Å². The van der Waals surface area contributed by atoms with Gasteiger partial charge < -0.3 is 20.6 Å². The molecular weight excluding hydrogens is 302 g/mol. The molecule has 3 N–H and O–H groups in total. The molecule has 0 amide bonds. The third-order valence-corrected chi connectivity index (χ3v) is 3.93. The largest absolute Gasteiger partial charge is 0.508 e. The molecule has 1 saturated carbocycles. The van der Waals surface area contributed by atoms with Gasteiger partial charge >= 0.3 is 0 Å². The lowest BCUT2D eigenvalue weighted by Crippen LogP contribution is -2.17. The highest BCUT2D eigenvalue weighted by Gasteiger charge is 2.26. The van der Waals surface area contributed by atoms with Crippen molar-refractivity contribution in [1.82, 2.24) is 14.9 Å². The van der Waals surface area contributed by atoms with Crippen LogP contribution in [0.1, 0.15) is 30.9 Å². The van der Waals surface area contributed by atoms with E-state index in [1.54, 1.807) is 18.2 Å². The fourth-order valence-electron chi connectivity index (χ4n) is 2.52. The Hall–Kier alpha value is -2.34. The average Bonchev–Trinajstić information content (AvgIpc) is 3.36. The van der Waals surface area contributed by atoms with Gasteiger partial charge in [-0.05, 0) is 52.0 Å². The van der Waals surface area contributed by atoms with E-state index in [2.05, 4.69) is 39.6 Å². The topological polar surface area (TPSA) is 73.3 Å². The van der Waals surface area contributed by atoms with E-state index < -0.39 is 0 Å². The van der Waals surface area contributed by atoms with Gasteiger partial charge in [0.05, 0.1) is 5.69 Å². The van der Waals surface area contributed by atoms with E-state index in [0.717, 1.165) is 36.7 Å². The monoisotopic (exact) mass is 327 g/mol. The number of phenols is 1. The van der Waals surface area contributed by atoms with Gasteiger partial charge in [-0.3, -0.25) is 0 Å². The fraction of sp³-hybridized carbons (Fsp3) is 0.444. The zero-order valence-corrected chi connectivity index (χ0v) is 14.3. The summed E-state index contributed by atoms with van der Waals surface area (Å²) in [7, 11) is 4.14. The summed E-state index contributed by atoms with van der Waals surface area (Å²) < 4.78 is 0. The molecule has 24 heavy (non-hydrogen) atoms. The number of nitrogens with one attached hydrogen (secondary N) is 2.